The number of ether oxygens (including phenoxy) is 2. The molecule has 0 unspecified atom stereocenters. The van der Waals surface area contributed by atoms with E-state index >= 15 is 0 Å². The van der Waals surface area contributed by atoms with Crippen molar-refractivity contribution in [2.45, 2.75) is 6.92 Å². The zero-order valence-electron chi connectivity index (χ0n) is 11.4. The summed E-state index contributed by atoms with van der Waals surface area (Å²) in [7, 11) is 5.07. The van der Waals surface area contributed by atoms with Gasteiger partial charge in [0.15, 0.2) is 5.69 Å². The van der Waals surface area contributed by atoms with Crippen LogP contribution in [0.25, 0.3) is 11.4 Å². The van der Waals surface area contributed by atoms with Crippen molar-refractivity contribution < 1.29 is 9.47 Å². The monoisotopic (exact) mass is 257 g/mol. The van der Waals surface area contributed by atoms with E-state index < -0.39 is 0 Å². The van der Waals surface area contributed by atoms with Gasteiger partial charge in [0.2, 0.25) is 0 Å². The number of imidazole rings is 1. The summed E-state index contributed by atoms with van der Waals surface area (Å²) in [4.78, 5) is 4.28. The van der Waals surface area contributed by atoms with Crippen molar-refractivity contribution in [3.05, 3.63) is 29.6 Å². The van der Waals surface area contributed by atoms with Gasteiger partial charge in [-0.25, -0.2) is 4.98 Å². The molecule has 1 heterocycles. The third-order valence-electron chi connectivity index (χ3n) is 2.95. The average Bonchev–Trinajstić information content (AvgIpc) is 2.79. The lowest BCUT2D eigenvalue weighted by Crippen LogP contribution is -1.97. The molecule has 0 fully saturated rings. The maximum Gasteiger partial charge on any atom is 0.159 e. The van der Waals surface area contributed by atoms with E-state index in [-0.39, 0.29) is 0 Å². The van der Waals surface area contributed by atoms with E-state index in [4.69, 9.17) is 14.7 Å². The molecule has 0 aliphatic heterocycles. The van der Waals surface area contributed by atoms with Gasteiger partial charge in [0.25, 0.3) is 0 Å². The van der Waals surface area contributed by atoms with Crippen LogP contribution in [0.2, 0.25) is 0 Å². The van der Waals surface area contributed by atoms with Crippen molar-refractivity contribution in [2.24, 2.45) is 7.05 Å². The number of aromatic nitrogens is 2. The van der Waals surface area contributed by atoms with E-state index in [1.807, 2.05) is 32.2 Å². The Morgan fingerprint density at radius 3 is 2.42 bits per heavy atom. The first-order valence-electron chi connectivity index (χ1n) is 5.77. The van der Waals surface area contributed by atoms with Crippen LogP contribution in [0, 0.1) is 18.3 Å². The van der Waals surface area contributed by atoms with Crippen LogP contribution in [-0.2, 0) is 7.05 Å². The molecule has 0 N–H and O–H groups in total. The summed E-state index contributed by atoms with van der Waals surface area (Å²) in [6.45, 7) is 1.95. The maximum absolute atomic E-state index is 8.91. The largest absolute Gasteiger partial charge is 0.496 e. The summed E-state index contributed by atoms with van der Waals surface area (Å²) in [5, 5.41) is 8.91. The molecule has 0 aliphatic rings. The zero-order chi connectivity index (χ0) is 14.0. The Morgan fingerprint density at radius 1 is 1.21 bits per heavy atom. The summed E-state index contributed by atoms with van der Waals surface area (Å²) >= 11 is 0. The van der Waals surface area contributed by atoms with Gasteiger partial charge in [-0.15, -0.1) is 0 Å². The Labute approximate surface area is 112 Å². The molecule has 1 aromatic carbocycles. The van der Waals surface area contributed by atoms with Gasteiger partial charge in [-0.3, -0.25) is 0 Å². The van der Waals surface area contributed by atoms with Crippen molar-refractivity contribution in [1.29, 1.82) is 5.26 Å². The highest BCUT2D eigenvalue weighted by molar-refractivity contribution is 5.69. The fraction of sp³-hybridized carbons (Fsp3) is 0.286. The smallest absolute Gasteiger partial charge is 0.159 e. The summed E-state index contributed by atoms with van der Waals surface area (Å²) in [6, 6.07) is 5.80. The quantitative estimate of drug-likeness (QED) is 0.846. The van der Waals surface area contributed by atoms with Crippen molar-refractivity contribution in [3.63, 3.8) is 0 Å². The molecule has 5 heteroatoms. The van der Waals surface area contributed by atoms with Crippen LogP contribution >= 0.6 is 0 Å². The first kappa shape index (κ1) is 13.0. The second kappa shape index (κ2) is 5.02. The fourth-order valence-electron chi connectivity index (χ4n) is 2.00. The number of benzene rings is 1. The third-order valence-corrected chi connectivity index (χ3v) is 2.95. The van der Waals surface area contributed by atoms with Crippen molar-refractivity contribution in [1.82, 2.24) is 9.55 Å². The molecule has 0 radical (unpaired) electrons. The Bertz CT molecular complexity index is 653. The molecule has 2 rings (SSSR count). The SMILES string of the molecule is COc1cc(-c2nc(C#N)cn2C)c(OC)cc1C. The highest BCUT2D eigenvalue weighted by Crippen LogP contribution is 2.35. The predicted octanol–water partition coefficient (Wildman–Crippen LogP) is 2.28. The lowest BCUT2D eigenvalue weighted by Gasteiger charge is -2.12. The lowest BCUT2D eigenvalue weighted by molar-refractivity contribution is 0.401. The van der Waals surface area contributed by atoms with Gasteiger partial charge in [-0.05, 0) is 24.6 Å². The van der Waals surface area contributed by atoms with Crippen LogP contribution in [0.15, 0.2) is 18.3 Å². The van der Waals surface area contributed by atoms with Gasteiger partial charge >= 0.3 is 0 Å². The van der Waals surface area contributed by atoms with E-state index in [1.165, 1.54) is 0 Å². The first-order chi connectivity index (χ1) is 9.10. The van der Waals surface area contributed by atoms with E-state index in [1.54, 1.807) is 25.0 Å². The van der Waals surface area contributed by atoms with Crippen LogP contribution in [0.5, 0.6) is 11.5 Å². The van der Waals surface area contributed by atoms with Gasteiger partial charge in [-0.1, -0.05) is 0 Å². The van der Waals surface area contributed by atoms with Crippen LogP contribution in [0.1, 0.15) is 11.3 Å². The van der Waals surface area contributed by atoms with E-state index in [9.17, 15) is 0 Å². The normalized spacial score (nSPS) is 10.1. The Balaban J connectivity index is 2.66. The average molecular weight is 257 g/mol. The number of rotatable bonds is 3. The molecule has 0 amide bonds. The number of nitrogens with zero attached hydrogens (tertiary/aromatic N) is 3. The first-order valence-corrected chi connectivity index (χ1v) is 5.77. The highest BCUT2D eigenvalue weighted by Gasteiger charge is 2.15. The van der Waals surface area contributed by atoms with E-state index in [0.29, 0.717) is 17.3 Å². The third kappa shape index (κ3) is 2.25. The fourth-order valence-corrected chi connectivity index (χ4v) is 2.00. The molecule has 0 saturated carbocycles. The molecule has 0 spiro atoms. The van der Waals surface area contributed by atoms with Crippen molar-refractivity contribution >= 4 is 0 Å². The van der Waals surface area contributed by atoms with Crippen LogP contribution < -0.4 is 9.47 Å². The molecule has 19 heavy (non-hydrogen) atoms. The minimum absolute atomic E-state index is 0.374. The van der Waals surface area contributed by atoms with Gasteiger partial charge < -0.3 is 14.0 Å². The highest BCUT2D eigenvalue weighted by atomic mass is 16.5. The number of nitriles is 1. The van der Waals surface area contributed by atoms with Crippen molar-refractivity contribution in [3.8, 4) is 29.0 Å². The second-order valence-electron chi connectivity index (χ2n) is 4.19. The number of hydrogen-bond donors (Lipinski definition) is 0. The molecule has 2 aromatic rings. The van der Waals surface area contributed by atoms with Gasteiger partial charge in [0, 0.05) is 13.2 Å². The predicted molar refractivity (Wildman–Crippen MR) is 71.2 cm³/mol. The molecule has 98 valence electrons. The Kier molecular flexibility index (Phi) is 3.43. The minimum Gasteiger partial charge on any atom is -0.496 e. The zero-order valence-corrected chi connectivity index (χ0v) is 11.4. The molecule has 0 atom stereocenters. The maximum atomic E-state index is 8.91. The number of aryl methyl sites for hydroxylation is 2. The summed E-state index contributed by atoms with van der Waals surface area (Å²) in [5.74, 6) is 2.14. The van der Waals surface area contributed by atoms with Crippen LogP contribution in [-0.4, -0.2) is 23.8 Å². The van der Waals surface area contributed by atoms with E-state index in [0.717, 1.165) is 16.9 Å². The summed E-state index contributed by atoms with van der Waals surface area (Å²) in [5.41, 5.74) is 2.16. The molecule has 1 aromatic heterocycles. The molecular weight excluding hydrogens is 242 g/mol. The summed E-state index contributed by atoms with van der Waals surface area (Å²) < 4.78 is 12.5. The van der Waals surface area contributed by atoms with Crippen LogP contribution in [0.4, 0.5) is 0 Å². The van der Waals surface area contributed by atoms with Crippen LogP contribution in [0.3, 0.4) is 0 Å². The molecule has 5 nitrogen and oxygen atoms in total. The lowest BCUT2D eigenvalue weighted by atomic mass is 10.1. The number of methoxy groups -OCH3 is 2. The second-order valence-corrected chi connectivity index (χ2v) is 4.19. The molecule has 0 bridgehead atoms. The van der Waals surface area contributed by atoms with Gasteiger partial charge in [0.1, 0.15) is 23.4 Å². The topological polar surface area (TPSA) is 60.1 Å². The molecular formula is C14H15N3O2. The van der Waals surface area contributed by atoms with Gasteiger partial charge in [-0.2, -0.15) is 5.26 Å². The minimum atomic E-state index is 0.374. The van der Waals surface area contributed by atoms with Crippen molar-refractivity contribution in [2.75, 3.05) is 14.2 Å². The standard InChI is InChI=1S/C14H15N3O2/c1-9-5-13(19-4)11(6-12(9)18-3)14-16-10(7-15)8-17(14)2/h5-6,8H,1-4H3. The molecule has 0 aliphatic carbocycles. The molecule has 0 saturated heterocycles. The number of hydrogen-bond acceptors (Lipinski definition) is 4. The Hall–Kier alpha value is -2.48. The van der Waals surface area contributed by atoms with E-state index in [2.05, 4.69) is 4.98 Å². The Morgan fingerprint density at radius 2 is 1.89 bits per heavy atom. The van der Waals surface area contributed by atoms with Gasteiger partial charge in [0.05, 0.1) is 19.8 Å². The summed E-state index contributed by atoms with van der Waals surface area (Å²) in [6.07, 6.45) is 1.68.